The van der Waals surface area contributed by atoms with E-state index in [4.69, 9.17) is 5.73 Å². The van der Waals surface area contributed by atoms with Gasteiger partial charge in [-0.25, -0.2) is 0 Å². The molecule has 0 aromatic carbocycles. The van der Waals surface area contributed by atoms with Gasteiger partial charge in [-0.2, -0.15) is 8.42 Å². The number of rotatable bonds is 2. The lowest BCUT2D eigenvalue weighted by Crippen LogP contribution is -2.34. The molecule has 1 atom stereocenters. The van der Waals surface area contributed by atoms with Crippen molar-refractivity contribution in [2.75, 3.05) is 0 Å². The summed E-state index contributed by atoms with van der Waals surface area (Å²) in [7, 11) is -2.69. The van der Waals surface area contributed by atoms with E-state index in [0.717, 1.165) is 0 Å². The molecular formula is C5H10N2O3S. The number of hydrogen-bond acceptors (Lipinski definition) is 4. The summed E-state index contributed by atoms with van der Waals surface area (Å²) in [6, 6.07) is -0.826. The van der Waals surface area contributed by atoms with Gasteiger partial charge in [0.15, 0.2) is 0 Å². The highest BCUT2D eigenvalue weighted by Crippen LogP contribution is 1.99. The van der Waals surface area contributed by atoms with Crippen LogP contribution in [0.3, 0.4) is 0 Å². The molecule has 2 N–H and O–H groups in total. The molecule has 5 nitrogen and oxygen atoms in total. The molecule has 0 aliphatic carbocycles. The maximum atomic E-state index is 10.7. The molecule has 0 aromatic heterocycles. The SMILES string of the molecule is CC(C)[C@H](N)C(=O)N=S(=O)=O. The Morgan fingerprint density at radius 1 is 1.45 bits per heavy atom. The monoisotopic (exact) mass is 178 g/mol. The van der Waals surface area contributed by atoms with E-state index in [1.807, 2.05) is 0 Å². The lowest BCUT2D eigenvalue weighted by molar-refractivity contribution is -0.119. The highest BCUT2D eigenvalue weighted by atomic mass is 32.2. The molecule has 0 heterocycles. The Balaban J connectivity index is 4.39. The highest BCUT2D eigenvalue weighted by Gasteiger charge is 2.16. The molecule has 0 bridgehead atoms. The summed E-state index contributed by atoms with van der Waals surface area (Å²) in [6.45, 7) is 3.43. The predicted octanol–water partition coefficient (Wildman–Crippen LogP) is -0.441. The molecule has 1 amide bonds. The van der Waals surface area contributed by atoms with Crippen LogP contribution < -0.4 is 5.73 Å². The van der Waals surface area contributed by atoms with Gasteiger partial charge in [-0.3, -0.25) is 4.79 Å². The normalized spacial score (nSPS) is 12.7. The van der Waals surface area contributed by atoms with Crippen molar-refractivity contribution in [2.45, 2.75) is 19.9 Å². The molecule has 0 rings (SSSR count). The van der Waals surface area contributed by atoms with E-state index >= 15 is 0 Å². The van der Waals surface area contributed by atoms with Crippen LogP contribution in [0.5, 0.6) is 0 Å². The molecule has 0 radical (unpaired) electrons. The van der Waals surface area contributed by atoms with Gasteiger partial charge in [0.25, 0.3) is 5.91 Å². The minimum absolute atomic E-state index is 0.102. The average Bonchev–Trinajstić information content (AvgIpc) is 1.84. The smallest absolute Gasteiger partial charge is 0.319 e. The summed E-state index contributed by atoms with van der Waals surface area (Å²) in [5.41, 5.74) is 5.29. The van der Waals surface area contributed by atoms with Crippen molar-refractivity contribution in [3.8, 4) is 0 Å². The Kier molecular flexibility index (Phi) is 3.91. The molecule has 0 aliphatic heterocycles. The molecule has 0 spiro atoms. The van der Waals surface area contributed by atoms with Gasteiger partial charge in [-0.15, -0.1) is 0 Å². The van der Waals surface area contributed by atoms with Crippen LogP contribution in [-0.4, -0.2) is 20.4 Å². The molecule has 11 heavy (non-hydrogen) atoms. The van der Waals surface area contributed by atoms with Crippen molar-refractivity contribution in [1.82, 2.24) is 0 Å². The molecule has 0 unspecified atom stereocenters. The number of hydrogen-bond donors (Lipinski definition) is 1. The van der Waals surface area contributed by atoms with Crippen molar-refractivity contribution in [1.29, 1.82) is 0 Å². The summed E-state index contributed by atoms with van der Waals surface area (Å²) < 4.78 is 22.5. The summed E-state index contributed by atoms with van der Waals surface area (Å²) in [5, 5.41) is 0. The van der Waals surface area contributed by atoms with Crippen molar-refractivity contribution in [3.63, 3.8) is 0 Å². The Morgan fingerprint density at radius 3 is 2.18 bits per heavy atom. The van der Waals surface area contributed by atoms with Crippen LogP contribution in [0.15, 0.2) is 4.36 Å². The lowest BCUT2D eigenvalue weighted by Gasteiger charge is -2.08. The van der Waals surface area contributed by atoms with Gasteiger partial charge >= 0.3 is 10.5 Å². The van der Waals surface area contributed by atoms with Crippen molar-refractivity contribution < 1.29 is 13.2 Å². The first-order chi connectivity index (χ1) is 4.95. The van der Waals surface area contributed by atoms with Crippen molar-refractivity contribution >= 4 is 16.4 Å². The lowest BCUT2D eigenvalue weighted by atomic mass is 10.1. The Bertz CT molecular complexity index is 259. The molecule has 6 heteroatoms. The minimum Gasteiger partial charge on any atom is -0.320 e. The quantitative estimate of drug-likeness (QED) is 0.620. The average molecular weight is 178 g/mol. The van der Waals surface area contributed by atoms with Gasteiger partial charge in [-0.05, 0) is 5.92 Å². The van der Waals surface area contributed by atoms with Crippen LogP contribution in [0.1, 0.15) is 13.8 Å². The van der Waals surface area contributed by atoms with E-state index in [9.17, 15) is 13.2 Å². The summed E-state index contributed by atoms with van der Waals surface area (Å²) in [6.07, 6.45) is 0. The third-order valence-corrected chi connectivity index (χ3v) is 1.50. The van der Waals surface area contributed by atoms with E-state index in [-0.39, 0.29) is 5.92 Å². The Hall–Kier alpha value is -0.750. The fourth-order valence-corrected chi connectivity index (χ4v) is 0.688. The minimum atomic E-state index is -2.69. The summed E-state index contributed by atoms with van der Waals surface area (Å²) in [5.74, 6) is -0.900. The van der Waals surface area contributed by atoms with E-state index in [1.165, 1.54) is 0 Å². The Morgan fingerprint density at radius 2 is 1.91 bits per heavy atom. The molecule has 0 aromatic rings. The largest absolute Gasteiger partial charge is 0.320 e. The zero-order valence-corrected chi connectivity index (χ0v) is 7.13. The third kappa shape index (κ3) is 3.84. The van der Waals surface area contributed by atoms with Gasteiger partial charge in [0.1, 0.15) is 0 Å². The van der Waals surface area contributed by atoms with Crippen LogP contribution in [-0.2, 0) is 15.3 Å². The number of carbonyl (C=O) groups excluding carboxylic acids is 1. The van der Waals surface area contributed by atoms with Gasteiger partial charge in [0, 0.05) is 0 Å². The number of carbonyl (C=O) groups is 1. The second-order valence-corrected chi connectivity index (χ2v) is 3.03. The van der Waals surface area contributed by atoms with Crippen LogP contribution in [0.4, 0.5) is 0 Å². The number of nitrogens with two attached hydrogens (primary N) is 1. The second kappa shape index (κ2) is 4.20. The van der Waals surface area contributed by atoms with Crippen LogP contribution in [0.25, 0.3) is 0 Å². The first-order valence-electron chi connectivity index (χ1n) is 3.05. The van der Waals surface area contributed by atoms with E-state index < -0.39 is 22.4 Å². The Labute approximate surface area is 66.3 Å². The fourth-order valence-electron chi connectivity index (χ4n) is 0.419. The van der Waals surface area contributed by atoms with Crippen LogP contribution >= 0.6 is 0 Å². The standard InChI is InChI=1S/C5H10N2O3S/c1-3(2)4(6)5(8)7-11(9)10/h3-4H,6H2,1-2H3/t4-/m0/s1. The zero-order chi connectivity index (χ0) is 9.02. The molecule has 0 saturated heterocycles. The maximum absolute atomic E-state index is 10.7. The highest BCUT2D eigenvalue weighted by molar-refractivity contribution is 7.62. The van der Waals surface area contributed by atoms with E-state index in [1.54, 1.807) is 13.8 Å². The third-order valence-electron chi connectivity index (χ3n) is 1.17. The molecule has 0 saturated carbocycles. The maximum Gasteiger partial charge on any atom is 0.319 e. The van der Waals surface area contributed by atoms with Gasteiger partial charge in [0.05, 0.1) is 6.04 Å². The van der Waals surface area contributed by atoms with E-state index in [0.29, 0.717) is 0 Å². The van der Waals surface area contributed by atoms with Crippen molar-refractivity contribution in [3.05, 3.63) is 0 Å². The molecule has 0 aliphatic rings. The van der Waals surface area contributed by atoms with E-state index in [2.05, 4.69) is 4.36 Å². The second-order valence-electron chi connectivity index (χ2n) is 2.42. The topological polar surface area (TPSA) is 89.6 Å². The number of nitrogens with zero attached hydrogens (tertiary/aromatic N) is 1. The summed E-state index contributed by atoms with van der Waals surface area (Å²) in [4.78, 5) is 10.7. The molecule has 64 valence electrons. The van der Waals surface area contributed by atoms with Crippen LogP contribution in [0.2, 0.25) is 0 Å². The molecular weight excluding hydrogens is 168 g/mol. The predicted molar refractivity (Wildman–Crippen MR) is 39.2 cm³/mol. The van der Waals surface area contributed by atoms with Crippen molar-refractivity contribution in [2.24, 2.45) is 16.0 Å². The first-order valence-corrected chi connectivity index (χ1v) is 4.09. The fraction of sp³-hybridized carbons (Fsp3) is 0.800. The van der Waals surface area contributed by atoms with Crippen LogP contribution in [0, 0.1) is 5.92 Å². The van der Waals surface area contributed by atoms with Gasteiger partial charge in [0.2, 0.25) is 0 Å². The van der Waals surface area contributed by atoms with Gasteiger partial charge < -0.3 is 5.73 Å². The zero-order valence-electron chi connectivity index (χ0n) is 6.31. The van der Waals surface area contributed by atoms with Gasteiger partial charge in [-0.1, -0.05) is 18.2 Å². The molecule has 0 fully saturated rings. The number of amides is 1. The first kappa shape index (κ1) is 10.2. The summed E-state index contributed by atoms with van der Waals surface area (Å²) >= 11 is 0.